The topological polar surface area (TPSA) is 171 Å². The van der Waals surface area contributed by atoms with Gasteiger partial charge in [0, 0.05) is 12.3 Å². The second-order valence-corrected chi connectivity index (χ2v) is 13.2. The van der Waals surface area contributed by atoms with E-state index in [9.17, 15) is 24.4 Å². The molecule has 3 rings (SSSR count). The minimum absolute atomic E-state index is 0.0689. The van der Waals surface area contributed by atoms with E-state index in [1.165, 1.54) is 6.92 Å². The lowest BCUT2D eigenvalue weighted by atomic mass is 9.96. The Kier molecular flexibility index (Phi) is 10.6. The van der Waals surface area contributed by atoms with Gasteiger partial charge in [0.2, 0.25) is 0 Å². The molecule has 0 saturated carbocycles. The van der Waals surface area contributed by atoms with Gasteiger partial charge in [-0.05, 0) is 51.6 Å². The van der Waals surface area contributed by atoms with Gasteiger partial charge in [-0.25, -0.2) is 4.79 Å². The summed E-state index contributed by atoms with van der Waals surface area (Å²) >= 11 is 5.30. The molecule has 0 radical (unpaired) electrons. The van der Waals surface area contributed by atoms with Gasteiger partial charge in [-0.15, -0.1) is 0 Å². The van der Waals surface area contributed by atoms with Crippen molar-refractivity contribution in [1.82, 2.24) is 14.6 Å². The zero-order chi connectivity index (χ0) is 30.5. The molecule has 2 aromatic rings. The Labute approximate surface area is 242 Å². The maximum Gasteiger partial charge on any atom is 0.330 e. The molecule has 1 aliphatic heterocycles. The van der Waals surface area contributed by atoms with Gasteiger partial charge in [0.15, 0.2) is 12.3 Å². The smallest absolute Gasteiger partial charge is 0.330 e. The van der Waals surface area contributed by atoms with Gasteiger partial charge in [-0.2, -0.15) is 0 Å². The van der Waals surface area contributed by atoms with Crippen LogP contribution in [0.15, 0.2) is 63.8 Å². The molecule has 41 heavy (non-hydrogen) atoms. The number of carbonyl (C=O) groups excluding carboxylic acids is 1. The molecule has 5 atom stereocenters. The summed E-state index contributed by atoms with van der Waals surface area (Å²) in [4.78, 5) is 49.6. The summed E-state index contributed by atoms with van der Waals surface area (Å²) in [5.74, 6) is -0.605. The fourth-order valence-electron chi connectivity index (χ4n) is 3.90. The fourth-order valence-corrected chi connectivity index (χ4v) is 5.42. The van der Waals surface area contributed by atoms with E-state index in [2.05, 4.69) is 10.1 Å². The van der Waals surface area contributed by atoms with Crippen LogP contribution in [0.1, 0.15) is 47.8 Å². The van der Waals surface area contributed by atoms with E-state index in [1.54, 1.807) is 58.9 Å². The van der Waals surface area contributed by atoms with Gasteiger partial charge in [0.05, 0.1) is 24.3 Å². The third kappa shape index (κ3) is 8.51. The van der Waals surface area contributed by atoms with Gasteiger partial charge in [-0.3, -0.25) is 19.1 Å². The average Bonchev–Trinajstić information content (AvgIpc) is 3.11. The molecular weight excluding hydrogens is 577 g/mol. The van der Waals surface area contributed by atoms with E-state index in [4.69, 9.17) is 35.3 Å². The Hall–Kier alpha value is -3.00. The van der Waals surface area contributed by atoms with Crippen molar-refractivity contribution in [2.75, 3.05) is 6.61 Å². The number of aliphatic hydroxyl groups is 1. The van der Waals surface area contributed by atoms with Crippen molar-refractivity contribution in [3.63, 3.8) is 0 Å². The largest absolute Gasteiger partial charge is 0.461 e. The predicted octanol–water partition coefficient (Wildman–Crippen LogP) is 2.27. The number of para-hydroxylation sites is 1. The molecule has 1 aliphatic rings. The highest BCUT2D eigenvalue weighted by Crippen LogP contribution is 2.44. The number of nitrogens with zero attached hydrogens (tertiary/aromatic N) is 1. The lowest BCUT2D eigenvalue weighted by Gasteiger charge is -2.30. The Bertz CT molecular complexity index is 1410. The molecule has 1 aromatic heterocycles. The summed E-state index contributed by atoms with van der Waals surface area (Å²) in [6.45, 7) is 5.53. The number of esters is 1. The number of allylic oxidation sites excluding steroid dienone is 1. The van der Waals surface area contributed by atoms with Crippen molar-refractivity contribution < 1.29 is 38.3 Å². The zero-order valence-electron chi connectivity index (χ0n) is 23.6. The van der Waals surface area contributed by atoms with E-state index >= 15 is 0 Å². The van der Waals surface area contributed by atoms with E-state index in [0.29, 0.717) is 5.75 Å². The summed E-state index contributed by atoms with van der Waals surface area (Å²) in [5.41, 5.74) is -3.17. The number of aromatic nitrogens is 2. The Morgan fingerprint density at radius 1 is 1.22 bits per heavy atom. The number of aromatic amines is 1. The van der Waals surface area contributed by atoms with Crippen LogP contribution in [0.4, 0.5) is 0 Å². The van der Waals surface area contributed by atoms with Crippen LogP contribution in [0.25, 0.3) is 0 Å². The van der Waals surface area contributed by atoms with Crippen molar-refractivity contribution in [1.29, 1.82) is 0 Å². The molecule has 1 aromatic carbocycles. The summed E-state index contributed by atoms with van der Waals surface area (Å²) < 4.78 is 29.7. The van der Waals surface area contributed by atoms with E-state index in [0.717, 1.165) is 16.8 Å². The normalized spacial score (nSPS) is 24.5. The van der Waals surface area contributed by atoms with Crippen molar-refractivity contribution in [3.05, 3.63) is 75.1 Å². The quantitative estimate of drug-likeness (QED) is 0.157. The molecule has 2 heterocycles. The number of H-pyrrole nitrogens is 1. The molecule has 0 aliphatic carbocycles. The van der Waals surface area contributed by atoms with Crippen LogP contribution in [0.3, 0.4) is 0 Å². The Morgan fingerprint density at radius 3 is 2.46 bits per heavy atom. The SMILES string of the molecule is CC(NP(O)(=S)OC[C@H]1O[C@@H](n2ccc(=O)[nH]c2=O)[C@](C)(O)[C@@H]1OC(=O)C(C)C)=C(Oc1ccccc1)OC(C)C. The van der Waals surface area contributed by atoms with Crippen molar-refractivity contribution in [2.45, 2.75) is 71.7 Å². The highest BCUT2D eigenvalue weighted by atomic mass is 32.5. The average molecular weight is 614 g/mol. The first-order valence-electron chi connectivity index (χ1n) is 12.9. The van der Waals surface area contributed by atoms with Crippen molar-refractivity contribution in [2.24, 2.45) is 5.92 Å². The number of hydrogen-bond acceptors (Lipinski definition) is 10. The zero-order valence-corrected chi connectivity index (χ0v) is 25.3. The molecule has 13 nitrogen and oxygen atoms in total. The predicted molar refractivity (Wildman–Crippen MR) is 152 cm³/mol. The Morgan fingerprint density at radius 2 is 1.88 bits per heavy atom. The third-order valence-electron chi connectivity index (χ3n) is 5.86. The number of benzene rings is 1. The highest BCUT2D eigenvalue weighted by molar-refractivity contribution is 8.08. The summed E-state index contributed by atoms with van der Waals surface area (Å²) in [6, 6.07) is 9.96. The number of hydrogen-bond donors (Lipinski definition) is 4. The molecule has 1 unspecified atom stereocenters. The maximum atomic E-state index is 12.5. The summed E-state index contributed by atoms with van der Waals surface area (Å²) in [7, 11) is 0. The van der Waals surface area contributed by atoms with Gasteiger partial charge < -0.3 is 38.6 Å². The minimum Gasteiger partial charge on any atom is -0.461 e. The first-order chi connectivity index (χ1) is 19.1. The minimum atomic E-state index is -3.79. The van der Waals surface area contributed by atoms with Crippen molar-refractivity contribution >= 4 is 24.4 Å². The van der Waals surface area contributed by atoms with Crippen LogP contribution < -0.4 is 21.1 Å². The number of carbonyl (C=O) groups is 1. The van der Waals surface area contributed by atoms with Crippen LogP contribution >= 0.6 is 6.64 Å². The first kappa shape index (κ1) is 32.5. The standard InChI is InChI=1S/C26H36N3O10PS/c1-15(2)22(31)39-21-19(38-24(26(21,6)33)29-13-12-20(30)27-25(29)32)14-35-40(34,41)28-17(5)23(36-16(3)4)37-18-10-8-7-9-11-18/h7-13,15-16,19,21,24,33H,14H2,1-6H3,(H,27,30,32)(H2,28,34,41)/t19-,21-,24-,26-,40?/m1/s1. The highest BCUT2D eigenvalue weighted by Gasteiger charge is 2.56. The van der Waals surface area contributed by atoms with E-state index < -0.39 is 60.4 Å². The summed E-state index contributed by atoms with van der Waals surface area (Å²) in [5, 5.41) is 14.1. The van der Waals surface area contributed by atoms with Crippen LogP contribution in [0.2, 0.25) is 0 Å². The molecular formula is C26H36N3O10PS. The molecule has 0 amide bonds. The molecule has 1 saturated heterocycles. The van der Waals surface area contributed by atoms with Crippen LogP contribution in [-0.4, -0.2) is 56.0 Å². The summed E-state index contributed by atoms with van der Waals surface area (Å²) in [6.07, 6.45) is -2.97. The molecule has 0 bridgehead atoms. The van der Waals surface area contributed by atoms with E-state index in [-0.39, 0.29) is 17.7 Å². The van der Waals surface area contributed by atoms with E-state index in [1.807, 2.05) is 6.07 Å². The van der Waals surface area contributed by atoms with Gasteiger partial charge in [-0.1, -0.05) is 32.0 Å². The Balaban J connectivity index is 1.84. The lowest BCUT2D eigenvalue weighted by Crippen LogP contribution is -2.49. The fraction of sp³-hybridized carbons (Fsp3) is 0.500. The second kappa shape index (κ2) is 13.3. The number of nitrogens with one attached hydrogen (secondary N) is 2. The maximum absolute atomic E-state index is 12.5. The van der Waals surface area contributed by atoms with Crippen LogP contribution in [-0.2, 0) is 35.3 Å². The lowest BCUT2D eigenvalue weighted by molar-refractivity contribution is -0.167. The molecule has 1 fully saturated rings. The third-order valence-corrected chi connectivity index (χ3v) is 7.57. The van der Waals surface area contributed by atoms with Gasteiger partial charge >= 0.3 is 17.6 Å². The first-order valence-corrected chi connectivity index (χ1v) is 15.5. The van der Waals surface area contributed by atoms with Crippen LogP contribution in [0.5, 0.6) is 5.75 Å². The van der Waals surface area contributed by atoms with Gasteiger partial charge in [0.1, 0.15) is 17.5 Å². The van der Waals surface area contributed by atoms with Crippen LogP contribution in [0, 0.1) is 5.92 Å². The number of rotatable bonds is 12. The second-order valence-electron chi connectivity index (χ2n) is 10.2. The van der Waals surface area contributed by atoms with Crippen molar-refractivity contribution in [3.8, 4) is 5.75 Å². The van der Waals surface area contributed by atoms with Gasteiger partial charge in [0.25, 0.3) is 12.2 Å². The number of ether oxygens (including phenoxy) is 4. The molecule has 0 spiro atoms. The monoisotopic (exact) mass is 613 g/mol. The molecule has 226 valence electrons. The molecule has 4 N–H and O–H groups in total. The molecule has 15 heteroatoms.